The smallest absolute Gasteiger partial charge is 0.312 e. The number of rotatable bonds is 5. The van der Waals surface area contributed by atoms with Gasteiger partial charge in [-0.3, -0.25) is 9.52 Å². The molecule has 2 heterocycles. The number of nitrogens with one attached hydrogen (secondary N) is 2. The lowest BCUT2D eigenvalue weighted by atomic mass is 9.84. The van der Waals surface area contributed by atoms with Crippen LogP contribution in [0.4, 0.5) is 5.13 Å². The first-order valence-corrected chi connectivity index (χ1v) is 11.5. The SMILES string of the molecule is CC(C)(C)C(=O)OC1(c2ccc(S(=O)(=O)Nc3nccs3)cc2)CCNCC1. The van der Waals surface area contributed by atoms with Gasteiger partial charge in [0.05, 0.1) is 10.3 Å². The van der Waals surface area contributed by atoms with Gasteiger partial charge in [-0.05, 0) is 51.6 Å². The fourth-order valence-electron chi connectivity index (χ4n) is 3.00. The molecule has 1 aliphatic rings. The van der Waals surface area contributed by atoms with Crippen LogP contribution in [0.1, 0.15) is 39.2 Å². The first kappa shape index (κ1) is 20.8. The van der Waals surface area contributed by atoms with Gasteiger partial charge < -0.3 is 10.1 Å². The lowest BCUT2D eigenvalue weighted by Crippen LogP contribution is -2.45. The number of carbonyl (C=O) groups is 1. The highest BCUT2D eigenvalue weighted by molar-refractivity contribution is 7.93. The summed E-state index contributed by atoms with van der Waals surface area (Å²) in [4.78, 5) is 16.6. The molecule has 1 aromatic heterocycles. The van der Waals surface area contributed by atoms with Crippen LogP contribution in [0.25, 0.3) is 0 Å². The van der Waals surface area contributed by atoms with E-state index < -0.39 is 21.0 Å². The summed E-state index contributed by atoms with van der Waals surface area (Å²) in [7, 11) is -3.72. The predicted octanol–water partition coefficient (Wildman–Crippen LogP) is 3.11. The minimum Gasteiger partial charge on any atom is -0.454 e. The molecule has 3 rings (SSSR count). The fraction of sp³-hybridized carbons (Fsp3) is 0.474. The van der Waals surface area contributed by atoms with Crippen LogP contribution >= 0.6 is 11.3 Å². The maximum Gasteiger partial charge on any atom is 0.312 e. The zero-order valence-electron chi connectivity index (χ0n) is 16.2. The average Bonchev–Trinajstić information content (AvgIpc) is 3.14. The summed E-state index contributed by atoms with van der Waals surface area (Å²) in [5.74, 6) is -0.267. The van der Waals surface area contributed by atoms with E-state index in [0.29, 0.717) is 18.0 Å². The molecule has 7 nitrogen and oxygen atoms in total. The Balaban J connectivity index is 1.87. The maximum atomic E-state index is 12.6. The van der Waals surface area contributed by atoms with Crippen molar-refractivity contribution in [1.82, 2.24) is 10.3 Å². The Labute approximate surface area is 169 Å². The Hall–Kier alpha value is -1.97. The largest absolute Gasteiger partial charge is 0.454 e. The van der Waals surface area contributed by atoms with Crippen LogP contribution in [0.2, 0.25) is 0 Å². The number of anilines is 1. The van der Waals surface area contributed by atoms with Gasteiger partial charge in [0.25, 0.3) is 10.0 Å². The molecule has 0 atom stereocenters. The third-order valence-electron chi connectivity index (χ3n) is 4.66. The summed E-state index contributed by atoms with van der Waals surface area (Å²) in [5, 5.41) is 5.30. The Bertz CT molecular complexity index is 911. The van der Waals surface area contributed by atoms with Crippen molar-refractivity contribution in [2.45, 2.75) is 44.1 Å². The molecule has 152 valence electrons. The number of hydrogen-bond acceptors (Lipinski definition) is 7. The number of benzene rings is 1. The van der Waals surface area contributed by atoms with Crippen LogP contribution in [0.5, 0.6) is 0 Å². The number of piperidine rings is 1. The summed E-state index contributed by atoms with van der Waals surface area (Å²) in [6, 6.07) is 6.55. The van der Waals surface area contributed by atoms with Gasteiger partial charge in [0.2, 0.25) is 0 Å². The summed E-state index contributed by atoms with van der Waals surface area (Å²) < 4.78 is 33.5. The second-order valence-electron chi connectivity index (χ2n) is 7.85. The quantitative estimate of drug-likeness (QED) is 0.717. The molecule has 0 unspecified atom stereocenters. The molecule has 0 spiro atoms. The molecule has 1 aromatic carbocycles. The Morgan fingerprint density at radius 2 is 1.86 bits per heavy atom. The molecule has 28 heavy (non-hydrogen) atoms. The van der Waals surface area contributed by atoms with E-state index in [0.717, 1.165) is 18.7 Å². The normalized spacial score (nSPS) is 17.1. The molecule has 0 aliphatic carbocycles. The van der Waals surface area contributed by atoms with E-state index in [1.165, 1.54) is 17.5 Å². The molecule has 1 saturated heterocycles. The molecular weight excluding hydrogens is 398 g/mol. The second-order valence-corrected chi connectivity index (χ2v) is 10.4. The van der Waals surface area contributed by atoms with E-state index in [9.17, 15) is 13.2 Å². The van der Waals surface area contributed by atoms with Gasteiger partial charge in [-0.15, -0.1) is 11.3 Å². The molecule has 2 aromatic rings. The van der Waals surface area contributed by atoms with Crippen LogP contribution in [0.3, 0.4) is 0 Å². The highest BCUT2D eigenvalue weighted by atomic mass is 32.2. The van der Waals surface area contributed by atoms with E-state index in [1.807, 2.05) is 20.8 Å². The van der Waals surface area contributed by atoms with E-state index in [4.69, 9.17) is 4.74 Å². The number of aromatic nitrogens is 1. The molecule has 2 N–H and O–H groups in total. The Kier molecular flexibility index (Phi) is 5.79. The van der Waals surface area contributed by atoms with Crippen LogP contribution < -0.4 is 10.0 Å². The Morgan fingerprint density at radius 3 is 2.39 bits per heavy atom. The highest BCUT2D eigenvalue weighted by Crippen LogP contribution is 2.37. The predicted molar refractivity (Wildman–Crippen MR) is 109 cm³/mol. The summed E-state index contributed by atoms with van der Waals surface area (Å²) >= 11 is 1.21. The highest BCUT2D eigenvalue weighted by Gasteiger charge is 2.40. The molecule has 0 saturated carbocycles. The average molecular weight is 424 g/mol. The zero-order chi connectivity index (χ0) is 20.4. The van der Waals surface area contributed by atoms with Crippen molar-refractivity contribution >= 4 is 32.5 Å². The van der Waals surface area contributed by atoms with Gasteiger partial charge in [0, 0.05) is 24.4 Å². The van der Waals surface area contributed by atoms with Crippen molar-refractivity contribution in [3.05, 3.63) is 41.4 Å². The molecule has 9 heteroatoms. The van der Waals surface area contributed by atoms with E-state index in [-0.39, 0.29) is 10.9 Å². The lowest BCUT2D eigenvalue weighted by molar-refractivity contribution is -0.174. The van der Waals surface area contributed by atoms with Gasteiger partial charge in [-0.1, -0.05) is 12.1 Å². The number of esters is 1. The number of sulfonamides is 1. The third kappa shape index (κ3) is 4.53. The van der Waals surface area contributed by atoms with Gasteiger partial charge >= 0.3 is 5.97 Å². The zero-order valence-corrected chi connectivity index (χ0v) is 17.8. The number of thiazole rings is 1. The van der Waals surface area contributed by atoms with Crippen molar-refractivity contribution < 1.29 is 17.9 Å². The van der Waals surface area contributed by atoms with E-state index in [2.05, 4.69) is 15.0 Å². The summed E-state index contributed by atoms with van der Waals surface area (Å²) in [6.45, 7) is 6.92. The molecule has 0 bridgehead atoms. The van der Waals surface area contributed by atoms with Crippen LogP contribution in [0.15, 0.2) is 40.7 Å². The number of carbonyl (C=O) groups excluding carboxylic acids is 1. The van der Waals surface area contributed by atoms with Gasteiger partial charge in [-0.2, -0.15) is 0 Å². The number of nitrogens with zero attached hydrogens (tertiary/aromatic N) is 1. The van der Waals surface area contributed by atoms with Crippen LogP contribution in [-0.2, 0) is 25.2 Å². The van der Waals surface area contributed by atoms with Crippen LogP contribution in [0, 0.1) is 5.41 Å². The summed E-state index contributed by atoms with van der Waals surface area (Å²) in [6.07, 6.45) is 2.81. The monoisotopic (exact) mass is 423 g/mol. The minimum absolute atomic E-state index is 0.137. The van der Waals surface area contributed by atoms with Crippen molar-refractivity contribution in [2.75, 3.05) is 17.8 Å². The van der Waals surface area contributed by atoms with Crippen molar-refractivity contribution in [3.8, 4) is 0 Å². The standard InChI is InChI=1S/C19H25N3O4S2/c1-18(2,3)16(23)26-19(8-10-20-11-9-19)14-4-6-15(7-5-14)28(24,25)22-17-21-12-13-27-17/h4-7,12-13,20H,8-11H2,1-3H3,(H,21,22). The number of hydrogen-bond donors (Lipinski definition) is 2. The molecule has 0 radical (unpaired) electrons. The van der Waals surface area contributed by atoms with Gasteiger partial charge in [-0.25, -0.2) is 13.4 Å². The molecule has 1 fully saturated rings. The topological polar surface area (TPSA) is 97.4 Å². The van der Waals surface area contributed by atoms with E-state index in [1.54, 1.807) is 29.6 Å². The second kappa shape index (κ2) is 7.81. The fourth-order valence-corrected chi connectivity index (χ4v) is 4.79. The van der Waals surface area contributed by atoms with Crippen molar-refractivity contribution in [2.24, 2.45) is 5.41 Å². The third-order valence-corrected chi connectivity index (χ3v) is 6.83. The van der Waals surface area contributed by atoms with E-state index >= 15 is 0 Å². The van der Waals surface area contributed by atoms with Gasteiger partial charge in [0.1, 0.15) is 5.60 Å². The first-order chi connectivity index (χ1) is 13.1. The lowest BCUT2D eigenvalue weighted by Gasteiger charge is -2.39. The van der Waals surface area contributed by atoms with Crippen LogP contribution in [-0.4, -0.2) is 32.5 Å². The molecule has 0 amide bonds. The van der Waals surface area contributed by atoms with Crippen molar-refractivity contribution in [3.63, 3.8) is 0 Å². The minimum atomic E-state index is -3.72. The van der Waals surface area contributed by atoms with Gasteiger partial charge in [0.15, 0.2) is 5.13 Å². The first-order valence-electron chi connectivity index (χ1n) is 9.09. The Morgan fingerprint density at radius 1 is 1.21 bits per heavy atom. The number of ether oxygens (including phenoxy) is 1. The van der Waals surface area contributed by atoms with Crippen molar-refractivity contribution in [1.29, 1.82) is 0 Å². The summed E-state index contributed by atoms with van der Waals surface area (Å²) in [5.41, 5.74) is -0.556. The molecular formula is C19H25N3O4S2. The molecule has 1 aliphatic heterocycles. The maximum absolute atomic E-state index is 12.6.